The highest BCUT2D eigenvalue weighted by molar-refractivity contribution is 5.23. The summed E-state index contributed by atoms with van der Waals surface area (Å²) in [5.41, 5.74) is 3.72. The van der Waals surface area contributed by atoms with Gasteiger partial charge in [-0.15, -0.1) is 0 Å². The molecular formula is C13H15F3N4. The summed E-state index contributed by atoms with van der Waals surface area (Å²) in [6.07, 6.45) is 2.78. The number of hydrazine groups is 1. The van der Waals surface area contributed by atoms with E-state index in [9.17, 15) is 13.2 Å². The van der Waals surface area contributed by atoms with Crippen molar-refractivity contribution < 1.29 is 13.2 Å². The van der Waals surface area contributed by atoms with Crippen LogP contribution in [0.3, 0.4) is 0 Å². The van der Waals surface area contributed by atoms with Crippen molar-refractivity contribution in [3.8, 4) is 0 Å². The van der Waals surface area contributed by atoms with Crippen LogP contribution in [0.5, 0.6) is 0 Å². The maximum absolute atomic E-state index is 13.2. The first-order chi connectivity index (χ1) is 9.52. The van der Waals surface area contributed by atoms with Crippen LogP contribution in [0.15, 0.2) is 24.4 Å². The fraction of sp³-hybridized carbons (Fsp3) is 0.308. The molecule has 1 atom stereocenters. The zero-order chi connectivity index (χ0) is 14.7. The molecule has 1 aromatic heterocycles. The van der Waals surface area contributed by atoms with Gasteiger partial charge in [-0.3, -0.25) is 16.0 Å². The Labute approximate surface area is 114 Å². The fourth-order valence-electron chi connectivity index (χ4n) is 2.06. The highest BCUT2D eigenvalue weighted by atomic mass is 19.2. The molecule has 0 aliphatic rings. The van der Waals surface area contributed by atoms with Crippen molar-refractivity contribution in [3.05, 3.63) is 53.1 Å². The van der Waals surface area contributed by atoms with Gasteiger partial charge >= 0.3 is 0 Å². The molecule has 0 spiro atoms. The Morgan fingerprint density at radius 1 is 1.30 bits per heavy atom. The molecule has 7 heteroatoms. The predicted octanol–water partition coefficient (Wildman–Crippen LogP) is 1.97. The summed E-state index contributed by atoms with van der Waals surface area (Å²) < 4.78 is 41.1. The second-order valence-corrected chi connectivity index (χ2v) is 4.50. The summed E-state index contributed by atoms with van der Waals surface area (Å²) in [5.74, 6) is 1.49. The lowest BCUT2D eigenvalue weighted by Crippen LogP contribution is -2.29. The van der Waals surface area contributed by atoms with Gasteiger partial charge in [0.1, 0.15) is 0 Å². The molecule has 3 N–H and O–H groups in total. The first-order valence-electron chi connectivity index (χ1n) is 6.10. The smallest absolute Gasteiger partial charge is 0.194 e. The molecule has 2 rings (SSSR count). The lowest BCUT2D eigenvalue weighted by molar-refractivity contribution is 0.436. The third-order valence-corrected chi connectivity index (χ3v) is 3.22. The Morgan fingerprint density at radius 2 is 1.95 bits per heavy atom. The van der Waals surface area contributed by atoms with E-state index >= 15 is 0 Å². The van der Waals surface area contributed by atoms with Gasteiger partial charge in [0.2, 0.25) is 0 Å². The zero-order valence-electron chi connectivity index (χ0n) is 10.9. The highest BCUT2D eigenvalue weighted by Crippen LogP contribution is 2.22. The van der Waals surface area contributed by atoms with E-state index in [0.29, 0.717) is 12.8 Å². The molecule has 1 unspecified atom stereocenters. The molecule has 0 saturated carbocycles. The number of aryl methyl sites for hydroxylation is 2. The van der Waals surface area contributed by atoms with Crippen LogP contribution < -0.4 is 11.3 Å². The standard InChI is InChI=1S/C13H15F3N4/c1-20-9(4-5-18-20)2-3-12(19-17)8-6-10(14)13(16)11(15)7-8/h4-7,12,19H,2-3,17H2,1H3. The summed E-state index contributed by atoms with van der Waals surface area (Å²) in [6.45, 7) is 0. The van der Waals surface area contributed by atoms with E-state index in [1.54, 1.807) is 17.9 Å². The topological polar surface area (TPSA) is 55.9 Å². The monoisotopic (exact) mass is 284 g/mol. The van der Waals surface area contributed by atoms with Gasteiger partial charge in [0.15, 0.2) is 17.5 Å². The lowest BCUT2D eigenvalue weighted by atomic mass is 10.0. The number of nitrogens with one attached hydrogen (secondary N) is 1. The quantitative estimate of drug-likeness (QED) is 0.501. The maximum Gasteiger partial charge on any atom is 0.194 e. The van der Waals surface area contributed by atoms with Crippen molar-refractivity contribution in [2.45, 2.75) is 18.9 Å². The number of rotatable bonds is 5. The largest absolute Gasteiger partial charge is 0.273 e. The molecule has 0 saturated heterocycles. The van der Waals surface area contributed by atoms with Crippen LogP contribution in [-0.4, -0.2) is 9.78 Å². The maximum atomic E-state index is 13.2. The van der Waals surface area contributed by atoms with Crippen LogP contribution in [0.2, 0.25) is 0 Å². The second kappa shape index (κ2) is 6.06. The minimum Gasteiger partial charge on any atom is -0.273 e. The van der Waals surface area contributed by atoms with Crippen molar-refractivity contribution in [1.29, 1.82) is 0 Å². The number of nitrogens with two attached hydrogens (primary N) is 1. The van der Waals surface area contributed by atoms with E-state index in [-0.39, 0.29) is 5.56 Å². The van der Waals surface area contributed by atoms with E-state index in [2.05, 4.69) is 10.5 Å². The molecule has 4 nitrogen and oxygen atoms in total. The molecule has 1 aromatic carbocycles. The van der Waals surface area contributed by atoms with Gasteiger partial charge in [-0.1, -0.05) is 0 Å². The first kappa shape index (κ1) is 14.5. The Hall–Kier alpha value is -1.86. The van der Waals surface area contributed by atoms with E-state index in [1.807, 2.05) is 6.07 Å². The summed E-state index contributed by atoms with van der Waals surface area (Å²) >= 11 is 0. The predicted molar refractivity (Wildman–Crippen MR) is 67.9 cm³/mol. The van der Waals surface area contributed by atoms with Gasteiger partial charge in [0.25, 0.3) is 0 Å². The molecule has 20 heavy (non-hydrogen) atoms. The number of aromatic nitrogens is 2. The molecule has 0 radical (unpaired) electrons. The highest BCUT2D eigenvalue weighted by Gasteiger charge is 2.17. The Bertz CT molecular complexity index is 574. The summed E-state index contributed by atoms with van der Waals surface area (Å²) in [7, 11) is 1.80. The second-order valence-electron chi connectivity index (χ2n) is 4.50. The van der Waals surface area contributed by atoms with Crippen LogP contribution >= 0.6 is 0 Å². The first-order valence-corrected chi connectivity index (χ1v) is 6.10. The molecular weight excluding hydrogens is 269 g/mol. The van der Waals surface area contributed by atoms with Crippen molar-refractivity contribution in [3.63, 3.8) is 0 Å². The van der Waals surface area contributed by atoms with Crippen LogP contribution in [0.4, 0.5) is 13.2 Å². The normalized spacial score (nSPS) is 12.7. The molecule has 0 aliphatic carbocycles. The lowest BCUT2D eigenvalue weighted by Gasteiger charge is -2.16. The summed E-state index contributed by atoms with van der Waals surface area (Å²) in [5, 5.41) is 4.03. The molecule has 0 aliphatic heterocycles. The molecule has 2 aromatic rings. The van der Waals surface area contributed by atoms with Crippen LogP contribution in [0.25, 0.3) is 0 Å². The third kappa shape index (κ3) is 3.00. The minimum absolute atomic E-state index is 0.270. The van der Waals surface area contributed by atoms with Gasteiger partial charge < -0.3 is 0 Å². The van der Waals surface area contributed by atoms with Gasteiger partial charge in [0, 0.05) is 25.0 Å². The van der Waals surface area contributed by atoms with Crippen LogP contribution in [0, 0.1) is 17.5 Å². The summed E-state index contributed by atoms with van der Waals surface area (Å²) in [6, 6.07) is 3.27. The summed E-state index contributed by atoms with van der Waals surface area (Å²) in [4.78, 5) is 0. The van der Waals surface area contributed by atoms with Gasteiger partial charge in [-0.2, -0.15) is 5.10 Å². The molecule has 0 fully saturated rings. The Kier molecular flexibility index (Phi) is 4.41. The Morgan fingerprint density at radius 3 is 2.45 bits per heavy atom. The van der Waals surface area contributed by atoms with E-state index in [0.717, 1.165) is 17.8 Å². The number of hydrogen-bond donors (Lipinski definition) is 2. The molecule has 0 amide bonds. The number of nitrogens with zero attached hydrogens (tertiary/aromatic N) is 2. The average Bonchev–Trinajstić information content (AvgIpc) is 2.82. The fourth-order valence-corrected chi connectivity index (χ4v) is 2.06. The molecule has 0 bridgehead atoms. The molecule has 108 valence electrons. The van der Waals surface area contributed by atoms with Gasteiger partial charge in [-0.05, 0) is 36.6 Å². The Balaban J connectivity index is 2.14. The van der Waals surface area contributed by atoms with Crippen molar-refractivity contribution in [2.24, 2.45) is 12.9 Å². The van der Waals surface area contributed by atoms with Crippen LogP contribution in [-0.2, 0) is 13.5 Å². The SMILES string of the molecule is Cn1nccc1CCC(NN)c1cc(F)c(F)c(F)c1. The molecule has 1 heterocycles. The van der Waals surface area contributed by atoms with Crippen molar-refractivity contribution in [1.82, 2.24) is 15.2 Å². The number of halogens is 3. The van der Waals surface area contributed by atoms with Gasteiger partial charge in [-0.25, -0.2) is 13.2 Å². The van der Waals surface area contributed by atoms with Crippen molar-refractivity contribution in [2.75, 3.05) is 0 Å². The van der Waals surface area contributed by atoms with Crippen molar-refractivity contribution >= 4 is 0 Å². The zero-order valence-corrected chi connectivity index (χ0v) is 10.9. The van der Waals surface area contributed by atoms with Gasteiger partial charge in [0.05, 0.1) is 0 Å². The van der Waals surface area contributed by atoms with E-state index in [4.69, 9.17) is 5.84 Å². The van der Waals surface area contributed by atoms with E-state index in [1.165, 1.54) is 0 Å². The minimum atomic E-state index is -1.48. The number of benzene rings is 1. The number of hydrogen-bond acceptors (Lipinski definition) is 3. The van der Waals surface area contributed by atoms with E-state index < -0.39 is 23.5 Å². The third-order valence-electron chi connectivity index (χ3n) is 3.22. The average molecular weight is 284 g/mol. The van der Waals surface area contributed by atoms with Crippen LogP contribution in [0.1, 0.15) is 23.7 Å².